The zero-order chi connectivity index (χ0) is 12.4. The van der Waals surface area contributed by atoms with Gasteiger partial charge in [0.2, 0.25) is 0 Å². The number of thiophene rings is 1. The Hall–Kier alpha value is -1.98. The van der Waals surface area contributed by atoms with Gasteiger partial charge in [0.15, 0.2) is 0 Å². The molecule has 90 valence electrons. The van der Waals surface area contributed by atoms with Crippen molar-refractivity contribution in [1.29, 1.82) is 0 Å². The average Bonchev–Trinajstić information content (AvgIpc) is 3.10. The fourth-order valence-electron chi connectivity index (χ4n) is 1.84. The first-order chi connectivity index (χ1) is 8.86. The number of benzene rings is 1. The molecule has 18 heavy (non-hydrogen) atoms. The minimum Gasteiger partial charge on any atom is -0.318 e. The lowest BCUT2D eigenvalue weighted by atomic mass is 10.2. The van der Waals surface area contributed by atoms with E-state index in [0.717, 1.165) is 16.3 Å². The van der Waals surface area contributed by atoms with E-state index in [0.29, 0.717) is 0 Å². The predicted molar refractivity (Wildman–Crippen MR) is 71.7 cm³/mol. The number of hydrogen-bond acceptors (Lipinski definition) is 4. The monoisotopic (exact) mass is 256 g/mol. The number of nitrogens with zero attached hydrogens (tertiary/aromatic N) is 3. The number of rotatable bonds is 3. The second-order valence-corrected chi connectivity index (χ2v) is 4.88. The van der Waals surface area contributed by atoms with E-state index >= 15 is 0 Å². The fraction of sp³-hybridized carbons (Fsp3) is 0.0769. The van der Waals surface area contributed by atoms with Crippen LogP contribution in [0.4, 0.5) is 0 Å². The Morgan fingerprint density at radius 2 is 1.94 bits per heavy atom. The molecule has 3 rings (SSSR count). The van der Waals surface area contributed by atoms with Gasteiger partial charge in [0.1, 0.15) is 0 Å². The van der Waals surface area contributed by atoms with Crippen LogP contribution in [-0.4, -0.2) is 15.0 Å². The molecule has 0 saturated carbocycles. The van der Waals surface area contributed by atoms with Crippen LogP contribution in [-0.2, 0) is 0 Å². The van der Waals surface area contributed by atoms with Crippen LogP contribution >= 0.6 is 11.3 Å². The average molecular weight is 256 g/mol. The molecule has 1 aromatic carbocycles. The third kappa shape index (κ3) is 1.94. The largest absolute Gasteiger partial charge is 0.318 e. The maximum absolute atomic E-state index is 6.25. The SMILES string of the molecule is NC(c1cccs1)c1cnnn1-c1ccccc1. The second kappa shape index (κ2) is 4.72. The molecule has 2 aromatic heterocycles. The van der Waals surface area contributed by atoms with Gasteiger partial charge in [-0.1, -0.05) is 29.5 Å². The summed E-state index contributed by atoms with van der Waals surface area (Å²) in [5.41, 5.74) is 8.11. The molecular weight excluding hydrogens is 244 g/mol. The van der Waals surface area contributed by atoms with Crippen LogP contribution in [0.5, 0.6) is 0 Å². The fourth-order valence-corrected chi connectivity index (χ4v) is 2.58. The van der Waals surface area contributed by atoms with Crippen LogP contribution in [0.2, 0.25) is 0 Å². The van der Waals surface area contributed by atoms with Gasteiger partial charge < -0.3 is 5.73 Å². The van der Waals surface area contributed by atoms with E-state index in [1.165, 1.54) is 0 Å². The zero-order valence-corrected chi connectivity index (χ0v) is 10.4. The highest BCUT2D eigenvalue weighted by Crippen LogP contribution is 2.24. The van der Waals surface area contributed by atoms with Crippen molar-refractivity contribution in [3.05, 3.63) is 64.6 Å². The molecule has 0 amide bonds. The molecule has 0 aliphatic heterocycles. The van der Waals surface area contributed by atoms with Crippen LogP contribution < -0.4 is 5.73 Å². The predicted octanol–water partition coefficient (Wildman–Crippen LogP) is 2.38. The van der Waals surface area contributed by atoms with Gasteiger partial charge in [-0.3, -0.25) is 0 Å². The van der Waals surface area contributed by atoms with Crippen molar-refractivity contribution in [2.24, 2.45) is 5.73 Å². The lowest BCUT2D eigenvalue weighted by Gasteiger charge is -2.11. The maximum atomic E-state index is 6.25. The summed E-state index contributed by atoms with van der Waals surface area (Å²) in [6.07, 6.45) is 1.72. The van der Waals surface area contributed by atoms with Crippen LogP contribution in [0.3, 0.4) is 0 Å². The smallest absolute Gasteiger partial charge is 0.0866 e. The number of nitrogens with two attached hydrogens (primary N) is 1. The Balaban J connectivity index is 2.02. The molecule has 3 aromatic rings. The normalized spacial score (nSPS) is 12.5. The Morgan fingerprint density at radius 3 is 2.67 bits per heavy atom. The van der Waals surface area contributed by atoms with E-state index in [9.17, 15) is 0 Å². The molecule has 1 unspecified atom stereocenters. The molecule has 0 aliphatic carbocycles. The highest BCUT2D eigenvalue weighted by Gasteiger charge is 2.16. The van der Waals surface area contributed by atoms with Gasteiger partial charge in [-0.05, 0) is 23.6 Å². The van der Waals surface area contributed by atoms with Crippen molar-refractivity contribution >= 4 is 11.3 Å². The van der Waals surface area contributed by atoms with E-state index in [1.807, 2.05) is 47.8 Å². The summed E-state index contributed by atoms with van der Waals surface area (Å²) in [7, 11) is 0. The molecule has 0 radical (unpaired) electrons. The molecule has 5 heteroatoms. The Bertz CT molecular complexity index is 616. The second-order valence-electron chi connectivity index (χ2n) is 3.90. The molecule has 0 fully saturated rings. The summed E-state index contributed by atoms with van der Waals surface area (Å²) >= 11 is 1.64. The van der Waals surface area contributed by atoms with E-state index in [2.05, 4.69) is 10.3 Å². The van der Waals surface area contributed by atoms with Gasteiger partial charge in [0.05, 0.1) is 23.6 Å². The van der Waals surface area contributed by atoms with E-state index in [1.54, 1.807) is 22.2 Å². The first kappa shape index (κ1) is 11.1. The van der Waals surface area contributed by atoms with Crippen LogP contribution in [0.15, 0.2) is 54.0 Å². The van der Waals surface area contributed by atoms with E-state index < -0.39 is 0 Å². The summed E-state index contributed by atoms with van der Waals surface area (Å²) in [5, 5.41) is 10.1. The first-order valence-corrected chi connectivity index (χ1v) is 6.49. The van der Waals surface area contributed by atoms with Crippen LogP contribution in [0.25, 0.3) is 5.69 Å². The van der Waals surface area contributed by atoms with E-state index in [-0.39, 0.29) is 6.04 Å². The van der Waals surface area contributed by atoms with Gasteiger partial charge in [-0.25, -0.2) is 4.68 Å². The molecule has 2 N–H and O–H groups in total. The summed E-state index contributed by atoms with van der Waals surface area (Å²) in [5.74, 6) is 0. The van der Waals surface area contributed by atoms with Gasteiger partial charge >= 0.3 is 0 Å². The minimum absolute atomic E-state index is 0.194. The number of para-hydroxylation sites is 1. The van der Waals surface area contributed by atoms with Crippen molar-refractivity contribution < 1.29 is 0 Å². The van der Waals surface area contributed by atoms with Gasteiger partial charge in [-0.2, -0.15) is 0 Å². The summed E-state index contributed by atoms with van der Waals surface area (Å²) < 4.78 is 1.78. The maximum Gasteiger partial charge on any atom is 0.0866 e. The molecule has 0 saturated heterocycles. The Morgan fingerprint density at radius 1 is 1.11 bits per heavy atom. The number of hydrogen-bond donors (Lipinski definition) is 1. The number of aromatic nitrogens is 3. The molecular formula is C13H12N4S. The Labute approximate surface area is 109 Å². The third-order valence-electron chi connectivity index (χ3n) is 2.74. The van der Waals surface area contributed by atoms with Crippen molar-refractivity contribution in [3.63, 3.8) is 0 Å². The quantitative estimate of drug-likeness (QED) is 0.782. The van der Waals surface area contributed by atoms with Crippen molar-refractivity contribution in [1.82, 2.24) is 15.0 Å². The first-order valence-electron chi connectivity index (χ1n) is 5.61. The summed E-state index contributed by atoms with van der Waals surface area (Å²) in [4.78, 5) is 1.11. The molecule has 4 nitrogen and oxygen atoms in total. The molecule has 1 atom stereocenters. The Kier molecular flexibility index (Phi) is 2.92. The van der Waals surface area contributed by atoms with Gasteiger partial charge in [0, 0.05) is 4.88 Å². The molecule has 0 spiro atoms. The lowest BCUT2D eigenvalue weighted by Crippen LogP contribution is -2.15. The molecule has 0 aliphatic rings. The van der Waals surface area contributed by atoms with Crippen LogP contribution in [0, 0.1) is 0 Å². The van der Waals surface area contributed by atoms with Crippen molar-refractivity contribution in [2.75, 3.05) is 0 Å². The van der Waals surface area contributed by atoms with Crippen LogP contribution in [0.1, 0.15) is 16.6 Å². The zero-order valence-electron chi connectivity index (χ0n) is 9.60. The minimum atomic E-state index is -0.194. The van der Waals surface area contributed by atoms with Gasteiger partial charge in [-0.15, -0.1) is 16.4 Å². The molecule has 2 heterocycles. The molecule has 0 bridgehead atoms. The third-order valence-corrected chi connectivity index (χ3v) is 3.70. The summed E-state index contributed by atoms with van der Waals surface area (Å²) in [6, 6.07) is 13.7. The lowest BCUT2D eigenvalue weighted by molar-refractivity contribution is 0.726. The highest BCUT2D eigenvalue weighted by atomic mass is 32.1. The van der Waals surface area contributed by atoms with Crippen molar-refractivity contribution in [2.45, 2.75) is 6.04 Å². The highest BCUT2D eigenvalue weighted by molar-refractivity contribution is 7.10. The standard InChI is InChI=1S/C13H12N4S/c14-13(12-7-4-8-18-12)11-9-15-16-17(11)10-5-2-1-3-6-10/h1-9,13H,14H2. The summed E-state index contributed by atoms with van der Waals surface area (Å²) in [6.45, 7) is 0. The van der Waals surface area contributed by atoms with Crippen molar-refractivity contribution in [3.8, 4) is 5.69 Å². The topological polar surface area (TPSA) is 56.7 Å². The van der Waals surface area contributed by atoms with E-state index in [4.69, 9.17) is 5.73 Å². The van der Waals surface area contributed by atoms with Gasteiger partial charge in [0.25, 0.3) is 0 Å².